The van der Waals surface area contributed by atoms with E-state index in [0.717, 1.165) is 16.3 Å². The molecule has 1 N–H and O–H groups in total. The van der Waals surface area contributed by atoms with Gasteiger partial charge in [0.05, 0.1) is 11.4 Å². The zero-order valence-corrected chi connectivity index (χ0v) is 15.1. The lowest BCUT2D eigenvalue weighted by molar-refractivity contribution is -0.113. The van der Waals surface area contributed by atoms with Gasteiger partial charge in [0.2, 0.25) is 5.91 Å². The van der Waals surface area contributed by atoms with Crippen LogP contribution in [0.15, 0.2) is 52.9 Å². The predicted octanol–water partition coefficient (Wildman–Crippen LogP) is 4.55. The molecule has 3 aromatic rings. The molecule has 0 unspecified atom stereocenters. The van der Waals surface area contributed by atoms with E-state index in [-0.39, 0.29) is 5.91 Å². The van der Waals surface area contributed by atoms with Crippen molar-refractivity contribution in [1.82, 2.24) is 9.97 Å². The smallest absolute Gasteiger partial charge is 0.236 e. The first-order valence-corrected chi connectivity index (χ1v) is 9.35. The fraction of sp³-hybridized carbons (Fsp3) is 0.167. The number of hydrogen-bond acceptors (Lipinski definition) is 5. The molecule has 0 aliphatic carbocycles. The van der Waals surface area contributed by atoms with Gasteiger partial charge in [0.1, 0.15) is 5.69 Å². The Labute approximate surface area is 149 Å². The standard InChI is InChI=1S/C18H17N3OS2/c1-12-6-7-16(13(2)9-12)23-11-17(22)21-18-20-15(10-24-18)14-5-3-4-8-19-14/h3-10H,11H2,1-2H3,(H,20,21,22). The minimum Gasteiger partial charge on any atom is -0.301 e. The normalized spacial score (nSPS) is 10.6. The maximum Gasteiger partial charge on any atom is 0.236 e. The number of benzene rings is 1. The molecule has 2 aromatic heterocycles. The fourth-order valence-corrected chi connectivity index (χ4v) is 3.75. The molecule has 1 aromatic carbocycles. The number of aromatic nitrogens is 2. The van der Waals surface area contributed by atoms with Crippen molar-refractivity contribution in [3.63, 3.8) is 0 Å². The molecular weight excluding hydrogens is 338 g/mol. The van der Waals surface area contributed by atoms with Crippen molar-refractivity contribution in [2.24, 2.45) is 0 Å². The number of anilines is 1. The third-order valence-corrected chi connectivity index (χ3v) is 5.30. The number of thiazole rings is 1. The SMILES string of the molecule is Cc1ccc(SCC(=O)Nc2nc(-c3ccccn3)cs2)c(C)c1. The molecule has 4 nitrogen and oxygen atoms in total. The van der Waals surface area contributed by atoms with Crippen molar-refractivity contribution in [2.45, 2.75) is 18.7 Å². The Kier molecular flexibility index (Phi) is 5.27. The van der Waals surface area contributed by atoms with Gasteiger partial charge in [0.25, 0.3) is 0 Å². The maximum absolute atomic E-state index is 12.1. The van der Waals surface area contributed by atoms with Crippen LogP contribution < -0.4 is 5.32 Å². The number of thioether (sulfide) groups is 1. The summed E-state index contributed by atoms with van der Waals surface area (Å²) in [6.45, 7) is 4.13. The largest absolute Gasteiger partial charge is 0.301 e. The number of pyridine rings is 1. The number of rotatable bonds is 5. The summed E-state index contributed by atoms with van der Waals surface area (Å²) in [4.78, 5) is 21.9. The molecule has 0 spiro atoms. The van der Waals surface area contributed by atoms with E-state index in [0.29, 0.717) is 10.9 Å². The molecule has 0 saturated carbocycles. The summed E-state index contributed by atoms with van der Waals surface area (Å²) in [5.41, 5.74) is 4.00. The third kappa shape index (κ3) is 4.21. The van der Waals surface area contributed by atoms with Crippen molar-refractivity contribution >= 4 is 34.1 Å². The average Bonchev–Trinajstić information content (AvgIpc) is 3.03. The van der Waals surface area contributed by atoms with Crippen LogP contribution in [0.4, 0.5) is 5.13 Å². The summed E-state index contributed by atoms with van der Waals surface area (Å²) >= 11 is 2.95. The Bertz CT molecular complexity index is 846. The minimum atomic E-state index is -0.0538. The molecule has 2 heterocycles. The molecule has 0 saturated heterocycles. The molecule has 0 radical (unpaired) electrons. The lowest BCUT2D eigenvalue weighted by Gasteiger charge is -2.06. The van der Waals surface area contributed by atoms with E-state index in [2.05, 4.69) is 47.3 Å². The molecule has 122 valence electrons. The van der Waals surface area contributed by atoms with E-state index in [1.54, 1.807) is 6.20 Å². The molecule has 1 amide bonds. The second-order valence-corrected chi connectivity index (χ2v) is 7.23. The van der Waals surface area contributed by atoms with Crippen LogP contribution in [0.5, 0.6) is 0 Å². The second-order valence-electron chi connectivity index (χ2n) is 5.36. The van der Waals surface area contributed by atoms with Crippen molar-refractivity contribution in [3.05, 3.63) is 59.1 Å². The number of hydrogen-bond donors (Lipinski definition) is 1. The van der Waals surface area contributed by atoms with Crippen LogP contribution >= 0.6 is 23.1 Å². The first kappa shape index (κ1) is 16.7. The molecule has 0 bridgehead atoms. The minimum absolute atomic E-state index is 0.0538. The molecule has 0 atom stereocenters. The zero-order chi connectivity index (χ0) is 16.9. The van der Waals surface area contributed by atoms with Gasteiger partial charge >= 0.3 is 0 Å². The lowest BCUT2D eigenvalue weighted by Crippen LogP contribution is -2.13. The third-order valence-electron chi connectivity index (χ3n) is 3.37. The Hall–Kier alpha value is -2.18. The molecule has 24 heavy (non-hydrogen) atoms. The molecule has 0 aliphatic rings. The average molecular weight is 355 g/mol. The Morgan fingerprint density at radius 2 is 2.08 bits per heavy atom. The van der Waals surface area contributed by atoms with E-state index in [1.165, 1.54) is 34.2 Å². The Morgan fingerprint density at radius 1 is 1.21 bits per heavy atom. The van der Waals surface area contributed by atoms with E-state index in [9.17, 15) is 4.79 Å². The topological polar surface area (TPSA) is 54.9 Å². The number of carbonyl (C=O) groups excluding carboxylic acids is 1. The summed E-state index contributed by atoms with van der Waals surface area (Å²) < 4.78 is 0. The molecule has 6 heteroatoms. The number of nitrogens with zero attached hydrogens (tertiary/aromatic N) is 2. The van der Waals surface area contributed by atoms with Crippen LogP contribution in [0, 0.1) is 13.8 Å². The first-order valence-electron chi connectivity index (χ1n) is 7.48. The van der Waals surface area contributed by atoms with E-state index < -0.39 is 0 Å². The zero-order valence-electron chi connectivity index (χ0n) is 13.4. The van der Waals surface area contributed by atoms with Gasteiger partial charge in [-0.2, -0.15) is 0 Å². The van der Waals surface area contributed by atoms with Gasteiger partial charge in [0, 0.05) is 16.5 Å². The van der Waals surface area contributed by atoms with E-state index >= 15 is 0 Å². The van der Waals surface area contributed by atoms with Crippen LogP contribution in [0.1, 0.15) is 11.1 Å². The fourth-order valence-electron chi connectivity index (χ4n) is 2.22. The van der Waals surface area contributed by atoms with Gasteiger partial charge < -0.3 is 5.32 Å². The van der Waals surface area contributed by atoms with Gasteiger partial charge in [-0.15, -0.1) is 23.1 Å². The lowest BCUT2D eigenvalue weighted by atomic mass is 10.2. The number of carbonyl (C=O) groups is 1. The monoisotopic (exact) mass is 355 g/mol. The van der Waals surface area contributed by atoms with Crippen LogP contribution in [-0.4, -0.2) is 21.6 Å². The van der Waals surface area contributed by atoms with Crippen LogP contribution in [0.2, 0.25) is 0 Å². The highest BCUT2D eigenvalue weighted by molar-refractivity contribution is 8.00. The van der Waals surface area contributed by atoms with E-state index in [1.807, 2.05) is 23.6 Å². The van der Waals surface area contributed by atoms with Gasteiger partial charge in [-0.1, -0.05) is 23.8 Å². The number of nitrogens with one attached hydrogen (secondary N) is 1. The maximum atomic E-state index is 12.1. The first-order chi connectivity index (χ1) is 11.6. The number of aryl methyl sites for hydroxylation is 2. The van der Waals surface area contributed by atoms with Crippen molar-refractivity contribution in [2.75, 3.05) is 11.1 Å². The highest BCUT2D eigenvalue weighted by Crippen LogP contribution is 2.25. The quantitative estimate of drug-likeness (QED) is 0.682. The molecular formula is C18H17N3OS2. The summed E-state index contributed by atoms with van der Waals surface area (Å²) in [7, 11) is 0. The van der Waals surface area contributed by atoms with E-state index in [4.69, 9.17) is 0 Å². The summed E-state index contributed by atoms with van der Waals surface area (Å²) in [5.74, 6) is 0.310. The second kappa shape index (κ2) is 7.59. The molecule has 3 rings (SSSR count). The highest BCUT2D eigenvalue weighted by atomic mass is 32.2. The summed E-state index contributed by atoms with van der Waals surface area (Å²) in [6, 6.07) is 11.9. The van der Waals surface area contributed by atoms with Crippen molar-refractivity contribution in [1.29, 1.82) is 0 Å². The van der Waals surface area contributed by atoms with Crippen LogP contribution in [-0.2, 0) is 4.79 Å². The highest BCUT2D eigenvalue weighted by Gasteiger charge is 2.10. The van der Waals surface area contributed by atoms with Gasteiger partial charge in [0.15, 0.2) is 5.13 Å². The summed E-state index contributed by atoms with van der Waals surface area (Å²) in [5, 5.41) is 5.35. The Balaban J connectivity index is 1.58. The van der Waals surface area contributed by atoms with Gasteiger partial charge in [-0.3, -0.25) is 9.78 Å². The van der Waals surface area contributed by atoms with Crippen LogP contribution in [0.3, 0.4) is 0 Å². The van der Waals surface area contributed by atoms with Gasteiger partial charge in [-0.25, -0.2) is 4.98 Å². The van der Waals surface area contributed by atoms with Crippen molar-refractivity contribution < 1.29 is 4.79 Å². The molecule has 0 aliphatic heterocycles. The Morgan fingerprint density at radius 3 is 2.83 bits per heavy atom. The summed E-state index contributed by atoms with van der Waals surface area (Å²) in [6.07, 6.45) is 1.73. The van der Waals surface area contributed by atoms with Crippen LogP contribution in [0.25, 0.3) is 11.4 Å². The predicted molar refractivity (Wildman–Crippen MR) is 101 cm³/mol. The van der Waals surface area contributed by atoms with Crippen molar-refractivity contribution in [3.8, 4) is 11.4 Å². The number of amides is 1. The molecule has 0 fully saturated rings. The van der Waals surface area contributed by atoms with Gasteiger partial charge in [-0.05, 0) is 37.6 Å².